The summed E-state index contributed by atoms with van der Waals surface area (Å²) in [4.78, 5) is 8.37. The fourth-order valence-electron chi connectivity index (χ4n) is 1.80. The first-order valence-corrected chi connectivity index (χ1v) is 6.04. The Bertz CT molecular complexity index is 540. The number of aromatic nitrogens is 2. The van der Waals surface area contributed by atoms with Crippen LogP contribution in [-0.2, 0) is 0 Å². The van der Waals surface area contributed by atoms with Crippen LogP contribution in [0.4, 0.5) is 10.2 Å². The summed E-state index contributed by atoms with van der Waals surface area (Å²) in [5.74, 6) is 0.505. The molecule has 1 aromatic carbocycles. The molecule has 4 heteroatoms. The summed E-state index contributed by atoms with van der Waals surface area (Å²) in [6, 6.07) is 6.65. The normalized spacial score (nSPS) is 10.4. The van der Waals surface area contributed by atoms with Crippen LogP contribution in [0.15, 0.2) is 30.6 Å². The third kappa shape index (κ3) is 2.47. The monoisotopic (exact) mass is 245 g/mol. The lowest BCUT2D eigenvalue weighted by molar-refractivity contribution is 0.630. The van der Waals surface area contributed by atoms with E-state index in [9.17, 15) is 4.39 Å². The van der Waals surface area contributed by atoms with Gasteiger partial charge in [-0.1, -0.05) is 19.1 Å². The van der Waals surface area contributed by atoms with E-state index >= 15 is 0 Å². The van der Waals surface area contributed by atoms with E-state index in [1.807, 2.05) is 6.92 Å². The van der Waals surface area contributed by atoms with Gasteiger partial charge in [0.25, 0.3) is 0 Å². The number of halogens is 1. The summed E-state index contributed by atoms with van der Waals surface area (Å²) >= 11 is 0. The maximum atomic E-state index is 13.8. The smallest absolute Gasteiger partial charge is 0.132 e. The summed E-state index contributed by atoms with van der Waals surface area (Å²) in [6.07, 6.45) is 2.48. The summed E-state index contributed by atoms with van der Waals surface area (Å²) in [7, 11) is 0. The topological polar surface area (TPSA) is 37.8 Å². The van der Waals surface area contributed by atoms with Crippen LogP contribution >= 0.6 is 0 Å². The molecule has 94 valence electrons. The van der Waals surface area contributed by atoms with Gasteiger partial charge in [0.05, 0.1) is 5.69 Å². The van der Waals surface area contributed by atoms with E-state index in [4.69, 9.17) is 0 Å². The Hall–Kier alpha value is -1.97. The van der Waals surface area contributed by atoms with Gasteiger partial charge >= 0.3 is 0 Å². The molecule has 1 N–H and O–H groups in total. The Labute approximate surface area is 106 Å². The molecule has 0 aliphatic carbocycles. The zero-order valence-corrected chi connectivity index (χ0v) is 10.6. The first kappa shape index (κ1) is 12.5. The van der Waals surface area contributed by atoms with Crippen LogP contribution in [0.5, 0.6) is 0 Å². The van der Waals surface area contributed by atoms with Crippen LogP contribution in [0.25, 0.3) is 11.3 Å². The number of nitrogens with one attached hydrogen (secondary N) is 1. The van der Waals surface area contributed by atoms with Crippen molar-refractivity contribution in [2.45, 2.75) is 20.3 Å². The van der Waals surface area contributed by atoms with Gasteiger partial charge < -0.3 is 5.32 Å². The van der Waals surface area contributed by atoms with Gasteiger partial charge in [0.15, 0.2) is 0 Å². The fraction of sp³-hybridized carbons (Fsp3) is 0.286. The molecule has 1 aromatic heterocycles. The lowest BCUT2D eigenvalue weighted by Crippen LogP contribution is -2.05. The van der Waals surface area contributed by atoms with Crippen molar-refractivity contribution < 1.29 is 4.39 Å². The lowest BCUT2D eigenvalue weighted by atomic mass is 10.1. The Morgan fingerprint density at radius 1 is 1.22 bits per heavy atom. The molecule has 0 bridgehead atoms. The second kappa shape index (κ2) is 5.58. The average Bonchev–Trinajstić information content (AvgIpc) is 2.39. The largest absolute Gasteiger partial charge is 0.370 e. The Morgan fingerprint density at radius 3 is 2.72 bits per heavy atom. The molecule has 0 aliphatic heterocycles. The van der Waals surface area contributed by atoms with Crippen LogP contribution in [0.1, 0.15) is 18.9 Å². The predicted octanol–water partition coefficient (Wildman–Crippen LogP) is 3.41. The minimum Gasteiger partial charge on any atom is -0.370 e. The molecule has 0 spiro atoms. The summed E-state index contributed by atoms with van der Waals surface area (Å²) < 4.78 is 13.8. The van der Waals surface area contributed by atoms with Crippen molar-refractivity contribution in [3.05, 3.63) is 42.0 Å². The fourth-order valence-corrected chi connectivity index (χ4v) is 1.80. The van der Waals surface area contributed by atoms with Crippen molar-refractivity contribution in [2.75, 3.05) is 11.9 Å². The highest BCUT2D eigenvalue weighted by molar-refractivity contribution is 5.68. The van der Waals surface area contributed by atoms with Crippen LogP contribution in [0.3, 0.4) is 0 Å². The first-order chi connectivity index (χ1) is 8.74. The van der Waals surface area contributed by atoms with E-state index in [1.54, 1.807) is 18.2 Å². The molecular weight excluding hydrogens is 229 g/mol. The van der Waals surface area contributed by atoms with Crippen molar-refractivity contribution in [3.63, 3.8) is 0 Å². The standard InChI is InChI=1S/C14H16FN3/c1-3-8-16-14-10(2)13(17-9-18-14)11-6-4-5-7-12(11)15/h4-7,9H,3,8H2,1-2H3,(H,16,17,18). The van der Waals surface area contributed by atoms with Gasteiger partial charge in [-0.2, -0.15) is 0 Å². The van der Waals surface area contributed by atoms with Crippen molar-refractivity contribution in [1.29, 1.82) is 0 Å². The summed E-state index contributed by atoms with van der Waals surface area (Å²) in [6.45, 7) is 4.83. The molecule has 0 fully saturated rings. The highest BCUT2D eigenvalue weighted by Gasteiger charge is 2.11. The van der Waals surface area contributed by atoms with E-state index < -0.39 is 0 Å². The van der Waals surface area contributed by atoms with Crippen LogP contribution < -0.4 is 5.32 Å². The molecule has 1 heterocycles. The van der Waals surface area contributed by atoms with Gasteiger partial charge in [0.1, 0.15) is 18.0 Å². The molecule has 0 aliphatic rings. The number of nitrogens with zero attached hydrogens (tertiary/aromatic N) is 2. The molecule has 2 aromatic rings. The highest BCUT2D eigenvalue weighted by Crippen LogP contribution is 2.26. The maximum Gasteiger partial charge on any atom is 0.132 e. The molecule has 0 unspecified atom stereocenters. The molecule has 0 amide bonds. The summed E-state index contributed by atoms with van der Waals surface area (Å²) in [5, 5.41) is 3.22. The quantitative estimate of drug-likeness (QED) is 0.897. The average molecular weight is 245 g/mol. The SMILES string of the molecule is CCCNc1ncnc(-c2ccccc2F)c1C. The maximum absolute atomic E-state index is 13.8. The summed E-state index contributed by atoms with van der Waals surface area (Å²) in [5.41, 5.74) is 2.02. The van der Waals surface area contributed by atoms with Crippen LogP contribution in [-0.4, -0.2) is 16.5 Å². The van der Waals surface area contributed by atoms with Gasteiger partial charge in [-0.3, -0.25) is 0 Å². The molecule has 0 atom stereocenters. The zero-order valence-electron chi connectivity index (χ0n) is 10.6. The first-order valence-electron chi connectivity index (χ1n) is 6.04. The third-order valence-corrected chi connectivity index (χ3v) is 2.76. The highest BCUT2D eigenvalue weighted by atomic mass is 19.1. The van der Waals surface area contributed by atoms with Crippen molar-refractivity contribution in [1.82, 2.24) is 9.97 Å². The molecule has 3 nitrogen and oxygen atoms in total. The van der Waals surface area contributed by atoms with E-state index in [0.717, 1.165) is 24.3 Å². The van der Waals surface area contributed by atoms with Crippen LogP contribution in [0, 0.1) is 12.7 Å². The number of anilines is 1. The van der Waals surface area contributed by atoms with E-state index in [2.05, 4.69) is 22.2 Å². The Balaban J connectivity index is 2.43. The van der Waals surface area contributed by atoms with Crippen molar-refractivity contribution >= 4 is 5.82 Å². The Kier molecular flexibility index (Phi) is 3.87. The second-order valence-corrected chi connectivity index (χ2v) is 4.10. The number of hydrogen-bond donors (Lipinski definition) is 1. The number of benzene rings is 1. The number of rotatable bonds is 4. The second-order valence-electron chi connectivity index (χ2n) is 4.10. The van der Waals surface area contributed by atoms with Crippen molar-refractivity contribution in [3.8, 4) is 11.3 Å². The van der Waals surface area contributed by atoms with Crippen molar-refractivity contribution in [2.24, 2.45) is 0 Å². The number of hydrogen-bond acceptors (Lipinski definition) is 3. The van der Waals surface area contributed by atoms with E-state index in [0.29, 0.717) is 11.3 Å². The van der Waals surface area contributed by atoms with E-state index in [1.165, 1.54) is 12.4 Å². The van der Waals surface area contributed by atoms with E-state index in [-0.39, 0.29) is 5.82 Å². The minimum absolute atomic E-state index is 0.263. The minimum atomic E-state index is -0.263. The van der Waals surface area contributed by atoms with Gasteiger partial charge in [-0.05, 0) is 25.5 Å². The lowest BCUT2D eigenvalue weighted by Gasteiger charge is -2.11. The zero-order chi connectivity index (χ0) is 13.0. The predicted molar refractivity (Wildman–Crippen MR) is 70.9 cm³/mol. The van der Waals surface area contributed by atoms with Gasteiger partial charge in [-0.25, -0.2) is 14.4 Å². The molecule has 2 rings (SSSR count). The molecule has 0 saturated heterocycles. The Morgan fingerprint density at radius 2 is 2.00 bits per heavy atom. The molecule has 0 saturated carbocycles. The van der Waals surface area contributed by atoms with Gasteiger partial charge in [0.2, 0.25) is 0 Å². The third-order valence-electron chi connectivity index (χ3n) is 2.76. The van der Waals surface area contributed by atoms with Crippen LogP contribution in [0.2, 0.25) is 0 Å². The molecule has 18 heavy (non-hydrogen) atoms. The molecular formula is C14H16FN3. The van der Waals surface area contributed by atoms with Gasteiger partial charge in [0, 0.05) is 17.7 Å². The molecule has 0 radical (unpaired) electrons. The van der Waals surface area contributed by atoms with Gasteiger partial charge in [-0.15, -0.1) is 0 Å².